The smallest absolute Gasteiger partial charge is 0.211 e. The highest BCUT2D eigenvalue weighted by Gasteiger charge is 2.13. The van der Waals surface area contributed by atoms with Crippen LogP contribution in [0.2, 0.25) is 0 Å². The van der Waals surface area contributed by atoms with Gasteiger partial charge in [-0.1, -0.05) is 24.6 Å². The molecule has 0 amide bonds. The van der Waals surface area contributed by atoms with Gasteiger partial charge in [0, 0.05) is 32.7 Å². The lowest BCUT2D eigenvalue weighted by Crippen LogP contribution is -2.38. The van der Waals surface area contributed by atoms with E-state index in [9.17, 15) is 8.42 Å². The number of guanidine groups is 1. The molecule has 0 saturated heterocycles. The Kier molecular flexibility index (Phi) is 13.5. The molecule has 9 heteroatoms. The van der Waals surface area contributed by atoms with Gasteiger partial charge in [-0.05, 0) is 38.3 Å². The molecule has 0 bridgehead atoms. The molecule has 0 saturated carbocycles. The molecule has 1 aromatic rings. The van der Waals surface area contributed by atoms with Gasteiger partial charge in [-0.2, -0.15) is 0 Å². The van der Waals surface area contributed by atoms with E-state index >= 15 is 0 Å². The highest BCUT2D eigenvalue weighted by Crippen LogP contribution is 2.19. The maximum absolute atomic E-state index is 11.6. The Morgan fingerprint density at radius 1 is 1.25 bits per heavy atom. The molecule has 0 spiro atoms. The molecule has 162 valence electrons. The van der Waals surface area contributed by atoms with Crippen molar-refractivity contribution in [3.05, 3.63) is 29.3 Å². The topological polar surface area (TPSA) is 83.0 Å². The van der Waals surface area contributed by atoms with Crippen LogP contribution in [0, 0.1) is 6.92 Å². The molecule has 7 nitrogen and oxygen atoms in total. The van der Waals surface area contributed by atoms with Gasteiger partial charge >= 0.3 is 0 Å². The number of rotatable bonds is 11. The van der Waals surface area contributed by atoms with E-state index in [4.69, 9.17) is 4.74 Å². The summed E-state index contributed by atoms with van der Waals surface area (Å²) in [5, 5.41) is 6.54. The first-order chi connectivity index (χ1) is 12.8. The minimum Gasteiger partial charge on any atom is -0.496 e. The first-order valence-electron chi connectivity index (χ1n) is 9.42. The lowest BCUT2D eigenvalue weighted by molar-refractivity contribution is 0.409. The summed E-state index contributed by atoms with van der Waals surface area (Å²) < 4.78 is 30.1. The summed E-state index contributed by atoms with van der Waals surface area (Å²) in [6.07, 6.45) is 2.75. The standard InChI is InChI=1S/C19H34N4O3S.HI/c1-6-20-19(21-12-8-14-23(7-2)27(5,24)25)22-13-11-17-15-16(3)9-10-18(17)26-4;/h9-10,15H,6-8,11-14H2,1-5H3,(H2,20,21,22);1H. The summed E-state index contributed by atoms with van der Waals surface area (Å²) in [4.78, 5) is 4.53. The minimum atomic E-state index is -3.14. The van der Waals surface area contributed by atoms with Crippen LogP contribution in [0.3, 0.4) is 0 Å². The Labute approximate surface area is 187 Å². The fraction of sp³-hybridized carbons (Fsp3) is 0.632. The van der Waals surface area contributed by atoms with Crippen molar-refractivity contribution in [2.75, 3.05) is 46.1 Å². The third kappa shape index (κ3) is 9.92. The van der Waals surface area contributed by atoms with Crippen LogP contribution in [0.1, 0.15) is 31.4 Å². The highest BCUT2D eigenvalue weighted by atomic mass is 127. The molecule has 2 N–H and O–H groups in total. The van der Waals surface area contributed by atoms with Crippen LogP contribution in [-0.2, 0) is 16.4 Å². The summed E-state index contributed by atoms with van der Waals surface area (Å²) >= 11 is 0. The van der Waals surface area contributed by atoms with Gasteiger partial charge in [0.25, 0.3) is 0 Å². The van der Waals surface area contributed by atoms with Crippen LogP contribution in [0.25, 0.3) is 0 Å². The van der Waals surface area contributed by atoms with Crippen LogP contribution < -0.4 is 15.4 Å². The van der Waals surface area contributed by atoms with Gasteiger partial charge in [0.1, 0.15) is 5.75 Å². The van der Waals surface area contributed by atoms with Gasteiger partial charge in [0.2, 0.25) is 10.0 Å². The first kappa shape index (κ1) is 26.9. The normalized spacial score (nSPS) is 11.9. The highest BCUT2D eigenvalue weighted by molar-refractivity contribution is 14.0. The molecule has 0 aliphatic carbocycles. The van der Waals surface area contributed by atoms with Gasteiger partial charge in [0.15, 0.2) is 5.96 Å². The van der Waals surface area contributed by atoms with Crippen molar-refractivity contribution in [1.82, 2.24) is 14.9 Å². The largest absolute Gasteiger partial charge is 0.496 e. The van der Waals surface area contributed by atoms with Crippen LogP contribution >= 0.6 is 24.0 Å². The first-order valence-corrected chi connectivity index (χ1v) is 11.3. The molecule has 1 rings (SSSR count). The number of nitrogens with one attached hydrogen (secondary N) is 2. The average Bonchev–Trinajstić information content (AvgIpc) is 2.60. The van der Waals surface area contributed by atoms with E-state index in [2.05, 4.69) is 28.6 Å². The molecular formula is C19H35IN4O3S. The second kappa shape index (κ2) is 14.0. The summed E-state index contributed by atoms with van der Waals surface area (Å²) in [7, 11) is -1.46. The lowest BCUT2D eigenvalue weighted by Gasteiger charge is -2.17. The molecule has 0 atom stereocenters. The third-order valence-corrected chi connectivity index (χ3v) is 5.50. The maximum atomic E-state index is 11.6. The predicted molar refractivity (Wildman–Crippen MR) is 128 cm³/mol. The van der Waals surface area contributed by atoms with Crippen molar-refractivity contribution < 1.29 is 13.2 Å². The number of nitrogens with zero attached hydrogens (tertiary/aromatic N) is 2. The molecule has 0 unspecified atom stereocenters. The number of sulfonamides is 1. The van der Waals surface area contributed by atoms with Crippen molar-refractivity contribution >= 4 is 40.0 Å². The Bertz CT molecular complexity index is 711. The number of hydrogen-bond acceptors (Lipinski definition) is 4. The van der Waals surface area contributed by atoms with E-state index in [1.54, 1.807) is 7.11 Å². The van der Waals surface area contributed by atoms with Crippen LogP contribution in [0.15, 0.2) is 23.2 Å². The lowest BCUT2D eigenvalue weighted by atomic mass is 10.1. The average molecular weight is 526 g/mol. The third-order valence-electron chi connectivity index (χ3n) is 4.12. The molecule has 0 aliphatic rings. The Morgan fingerprint density at radius 3 is 2.54 bits per heavy atom. The fourth-order valence-corrected chi connectivity index (χ4v) is 3.69. The van der Waals surface area contributed by atoms with Crippen molar-refractivity contribution in [2.45, 2.75) is 33.6 Å². The minimum absolute atomic E-state index is 0. The summed E-state index contributed by atoms with van der Waals surface area (Å²) in [5.41, 5.74) is 2.37. The maximum Gasteiger partial charge on any atom is 0.211 e. The van der Waals surface area contributed by atoms with Crippen molar-refractivity contribution in [3.8, 4) is 5.75 Å². The van der Waals surface area contributed by atoms with E-state index in [-0.39, 0.29) is 24.0 Å². The molecule has 0 radical (unpaired) electrons. The number of benzene rings is 1. The van der Waals surface area contributed by atoms with E-state index in [1.807, 2.05) is 26.0 Å². The number of methoxy groups -OCH3 is 1. The number of halogens is 1. The van der Waals surface area contributed by atoms with Crippen molar-refractivity contribution in [3.63, 3.8) is 0 Å². The number of ether oxygens (including phenoxy) is 1. The predicted octanol–water partition coefficient (Wildman–Crippen LogP) is 2.39. The molecule has 0 fully saturated rings. The second-order valence-corrected chi connectivity index (χ2v) is 8.34. The van der Waals surface area contributed by atoms with E-state index in [0.717, 1.165) is 36.8 Å². The van der Waals surface area contributed by atoms with Gasteiger partial charge in [-0.3, -0.25) is 4.99 Å². The van der Waals surface area contributed by atoms with Gasteiger partial charge in [-0.15, -0.1) is 24.0 Å². The van der Waals surface area contributed by atoms with Crippen molar-refractivity contribution in [2.24, 2.45) is 4.99 Å². The van der Waals surface area contributed by atoms with Crippen LogP contribution in [0.5, 0.6) is 5.75 Å². The number of aliphatic imine (C=N–C) groups is 1. The van der Waals surface area contributed by atoms with E-state index in [0.29, 0.717) is 26.1 Å². The Balaban J connectivity index is 0.00000729. The van der Waals surface area contributed by atoms with Crippen LogP contribution in [-0.4, -0.2) is 64.8 Å². The summed E-state index contributed by atoms with van der Waals surface area (Å²) in [6, 6.07) is 6.16. The van der Waals surface area contributed by atoms with Crippen molar-refractivity contribution in [1.29, 1.82) is 0 Å². The molecular weight excluding hydrogens is 491 g/mol. The van der Waals surface area contributed by atoms with Gasteiger partial charge in [-0.25, -0.2) is 12.7 Å². The van der Waals surface area contributed by atoms with Crippen LogP contribution in [0.4, 0.5) is 0 Å². The molecule has 28 heavy (non-hydrogen) atoms. The second-order valence-electron chi connectivity index (χ2n) is 6.36. The van der Waals surface area contributed by atoms with Gasteiger partial charge in [0.05, 0.1) is 13.4 Å². The zero-order chi connectivity index (χ0) is 20.3. The van der Waals surface area contributed by atoms with E-state index in [1.165, 1.54) is 16.1 Å². The molecule has 0 aromatic heterocycles. The SMILES string of the molecule is CCNC(=NCCCN(CC)S(C)(=O)=O)NCCc1cc(C)ccc1OC.I. The summed E-state index contributed by atoms with van der Waals surface area (Å²) in [6.45, 7) is 8.96. The quantitative estimate of drug-likeness (QED) is 0.200. The Hall–Kier alpha value is -1.07. The molecule has 1 aromatic carbocycles. The number of aryl methyl sites for hydroxylation is 1. The monoisotopic (exact) mass is 526 g/mol. The zero-order valence-corrected chi connectivity index (χ0v) is 20.8. The molecule has 0 aliphatic heterocycles. The number of hydrogen-bond donors (Lipinski definition) is 2. The summed E-state index contributed by atoms with van der Waals surface area (Å²) in [5.74, 6) is 1.64. The van der Waals surface area contributed by atoms with E-state index < -0.39 is 10.0 Å². The molecule has 0 heterocycles. The fourth-order valence-electron chi connectivity index (χ4n) is 2.76. The van der Waals surface area contributed by atoms with Gasteiger partial charge < -0.3 is 15.4 Å². The zero-order valence-electron chi connectivity index (χ0n) is 17.6. The Morgan fingerprint density at radius 2 is 1.96 bits per heavy atom.